The van der Waals surface area contributed by atoms with E-state index >= 15 is 0 Å². The average Bonchev–Trinajstić information content (AvgIpc) is 3.22. The van der Waals surface area contributed by atoms with Crippen LogP contribution in [0.1, 0.15) is 31.3 Å². The molecule has 0 aliphatic heterocycles. The minimum absolute atomic E-state index is 0.104. The van der Waals surface area contributed by atoms with Gasteiger partial charge in [0.05, 0.1) is 15.6 Å². The van der Waals surface area contributed by atoms with Gasteiger partial charge in [-0.15, -0.1) is 11.3 Å². The highest BCUT2D eigenvalue weighted by molar-refractivity contribution is 7.15. The fraction of sp³-hybridized carbons (Fsp3) is 0.192. The number of hydrogen-bond donors (Lipinski definition) is 3. The minimum atomic E-state index is -0.300. The Morgan fingerprint density at radius 1 is 0.939 bits per heavy atom. The van der Waals surface area contributed by atoms with Crippen molar-refractivity contribution < 1.29 is 14.7 Å². The van der Waals surface area contributed by atoms with Crippen molar-refractivity contribution in [3.8, 4) is 21.7 Å². The minimum Gasteiger partial charge on any atom is -0.308 e. The van der Waals surface area contributed by atoms with Gasteiger partial charge in [-0.2, -0.15) is 0 Å². The fourth-order valence-corrected chi connectivity index (χ4v) is 4.42. The molecule has 0 unspecified atom stereocenters. The molecule has 2 heterocycles. The van der Waals surface area contributed by atoms with Crippen LogP contribution >= 0.6 is 11.3 Å². The van der Waals surface area contributed by atoms with Crippen molar-refractivity contribution in [1.82, 2.24) is 4.98 Å². The van der Waals surface area contributed by atoms with E-state index in [1.54, 1.807) is 23.7 Å². The zero-order chi connectivity index (χ0) is 23.6. The third-order valence-electron chi connectivity index (χ3n) is 5.05. The third kappa shape index (κ3) is 5.38. The molecular formula is C26H27N4O2S+. The Hall–Kier alpha value is -3.71. The summed E-state index contributed by atoms with van der Waals surface area (Å²) in [5.74, 6) is 0. The highest BCUT2D eigenvalue weighted by atomic mass is 32.1. The predicted molar refractivity (Wildman–Crippen MR) is 133 cm³/mol. The lowest BCUT2D eigenvalue weighted by atomic mass is 9.98. The Kier molecular flexibility index (Phi) is 6.16. The van der Waals surface area contributed by atoms with Crippen molar-refractivity contribution >= 4 is 28.7 Å². The van der Waals surface area contributed by atoms with Crippen LogP contribution in [0.2, 0.25) is 0 Å². The lowest BCUT2D eigenvalue weighted by molar-refractivity contribution is -0.904. The molecule has 0 fully saturated rings. The molecule has 6 nitrogen and oxygen atoms in total. The van der Waals surface area contributed by atoms with Crippen LogP contribution in [0.25, 0.3) is 21.7 Å². The maximum absolute atomic E-state index is 12.5. The van der Waals surface area contributed by atoms with E-state index in [2.05, 4.69) is 31.4 Å². The Bertz CT molecular complexity index is 1270. The van der Waals surface area contributed by atoms with E-state index in [4.69, 9.17) is 4.98 Å². The van der Waals surface area contributed by atoms with Gasteiger partial charge in [-0.1, -0.05) is 50.6 Å². The maximum Gasteiger partial charge on any atom is 0.323 e. The van der Waals surface area contributed by atoms with Crippen LogP contribution in [0, 0.1) is 6.92 Å². The number of nitrogens with zero attached hydrogens (tertiary/aromatic N) is 2. The second-order valence-electron chi connectivity index (χ2n) is 8.94. The van der Waals surface area contributed by atoms with Gasteiger partial charge in [0.2, 0.25) is 12.4 Å². The highest BCUT2D eigenvalue weighted by Gasteiger charge is 2.23. The van der Waals surface area contributed by atoms with E-state index in [0.717, 1.165) is 42.7 Å². The molecule has 0 saturated heterocycles. The molecule has 0 atom stereocenters. The van der Waals surface area contributed by atoms with Gasteiger partial charge in [0, 0.05) is 39.2 Å². The Labute approximate surface area is 197 Å². The molecule has 7 heteroatoms. The van der Waals surface area contributed by atoms with Crippen molar-refractivity contribution in [1.29, 1.82) is 0 Å². The number of thiazole rings is 1. The number of pyridine rings is 1. The molecule has 33 heavy (non-hydrogen) atoms. The van der Waals surface area contributed by atoms with Crippen LogP contribution in [0.3, 0.4) is 0 Å². The number of carbonyl (C=O) groups is 1. The summed E-state index contributed by atoms with van der Waals surface area (Å²) < 4.78 is 1.01. The molecular weight excluding hydrogens is 432 g/mol. The number of nitrogens with one attached hydrogen (secondary N) is 2. The van der Waals surface area contributed by atoms with Crippen LogP contribution < -0.4 is 15.4 Å². The number of carbonyl (C=O) groups excluding carboxylic acids is 1. The third-order valence-corrected chi connectivity index (χ3v) is 6.58. The average molecular weight is 460 g/mol. The van der Waals surface area contributed by atoms with Gasteiger partial charge in [0.15, 0.2) is 0 Å². The molecule has 168 valence electrons. The summed E-state index contributed by atoms with van der Waals surface area (Å²) in [5.41, 5.74) is 5.19. The van der Waals surface area contributed by atoms with Crippen LogP contribution in [-0.4, -0.2) is 16.2 Å². The molecule has 2 amide bonds. The Balaban J connectivity index is 1.64. The second kappa shape index (κ2) is 9.03. The van der Waals surface area contributed by atoms with Gasteiger partial charge in [0.1, 0.15) is 0 Å². The highest BCUT2D eigenvalue weighted by Crippen LogP contribution is 2.41. The smallest absolute Gasteiger partial charge is 0.308 e. The number of urea groups is 1. The molecule has 0 saturated carbocycles. The SMILES string of the molecule is Cc1ccc(NC(=O)Nc2cccc(-c3sc(C(C)(C)C)nc3-c3cc[n+](O)cc3)c2)cc1. The molecule has 2 aromatic heterocycles. The van der Waals surface area contributed by atoms with Crippen molar-refractivity contribution in [2.75, 3.05) is 10.6 Å². The molecule has 0 spiro atoms. The topological polar surface area (TPSA) is 78.1 Å². The van der Waals surface area contributed by atoms with E-state index in [-0.39, 0.29) is 11.4 Å². The van der Waals surface area contributed by atoms with E-state index in [9.17, 15) is 10.0 Å². The van der Waals surface area contributed by atoms with E-state index in [1.165, 1.54) is 0 Å². The molecule has 2 aromatic carbocycles. The lowest BCUT2D eigenvalue weighted by Crippen LogP contribution is -2.27. The molecule has 3 N–H and O–H groups in total. The van der Waals surface area contributed by atoms with Crippen LogP contribution in [0.15, 0.2) is 73.1 Å². The molecule has 4 rings (SSSR count). The number of amides is 2. The molecule has 0 aliphatic rings. The zero-order valence-corrected chi connectivity index (χ0v) is 19.9. The summed E-state index contributed by atoms with van der Waals surface area (Å²) in [6.07, 6.45) is 3.17. The number of rotatable bonds is 4. The zero-order valence-electron chi connectivity index (χ0n) is 19.1. The summed E-state index contributed by atoms with van der Waals surface area (Å²) in [6, 6.07) is 18.8. The number of benzene rings is 2. The normalized spacial score (nSPS) is 11.3. The second-order valence-corrected chi connectivity index (χ2v) is 9.94. The molecule has 0 bridgehead atoms. The Morgan fingerprint density at radius 3 is 2.27 bits per heavy atom. The first-order chi connectivity index (χ1) is 15.7. The molecule has 0 aliphatic carbocycles. The summed E-state index contributed by atoms with van der Waals surface area (Å²) in [4.78, 5) is 18.5. The summed E-state index contributed by atoms with van der Waals surface area (Å²) in [5, 5.41) is 16.4. The summed E-state index contributed by atoms with van der Waals surface area (Å²) >= 11 is 1.64. The lowest BCUT2D eigenvalue weighted by Gasteiger charge is -2.13. The number of anilines is 2. The van der Waals surface area contributed by atoms with Crippen molar-refractivity contribution in [3.05, 3.63) is 83.6 Å². The fourth-order valence-electron chi connectivity index (χ4n) is 3.28. The van der Waals surface area contributed by atoms with Gasteiger partial charge < -0.3 is 10.6 Å². The van der Waals surface area contributed by atoms with E-state index in [0.29, 0.717) is 5.69 Å². The molecule has 0 radical (unpaired) electrons. The van der Waals surface area contributed by atoms with Crippen LogP contribution in [0.5, 0.6) is 0 Å². The van der Waals surface area contributed by atoms with Gasteiger partial charge in [-0.25, -0.2) is 9.78 Å². The quantitative estimate of drug-likeness (QED) is 0.249. The summed E-state index contributed by atoms with van der Waals surface area (Å²) in [6.45, 7) is 8.42. The number of aryl methyl sites for hydroxylation is 1. The van der Waals surface area contributed by atoms with Gasteiger partial charge >= 0.3 is 6.03 Å². The first-order valence-electron chi connectivity index (χ1n) is 10.7. The summed E-state index contributed by atoms with van der Waals surface area (Å²) in [7, 11) is 0. The van der Waals surface area contributed by atoms with Crippen molar-refractivity contribution in [2.45, 2.75) is 33.1 Å². The van der Waals surface area contributed by atoms with Crippen LogP contribution in [-0.2, 0) is 5.41 Å². The van der Waals surface area contributed by atoms with E-state index < -0.39 is 0 Å². The van der Waals surface area contributed by atoms with Gasteiger partial charge in [-0.3, -0.25) is 5.21 Å². The monoisotopic (exact) mass is 459 g/mol. The standard InChI is InChI=1S/C26H26N4O2S/c1-17-8-10-20(11-9-17)27-25(31)28-21-7-5-6-19(16-21)23-22(18-12-14-30(32)15-13-18)29-24(33-23)26(2,3)4/h5-16H,1-4H3,(H2-,27,28,31,32)/p+1. The van der Waals surface area contributed by atoms with Crippen LogP contribution in [0.4, 0.5) is 16.2 Å². The molecule has 4 aromatic rings. The van der Waals surface area contributed by atoms with E-state index in [1.807, 2.05) is 67.6 Å². The maximum atomic E-state index is 12.5. The first kappa shape index (κ1) is 22.5. The van der Waals surface area contributed by atoms with Crippen molar-refractivity contribution in [3.63, 3.8) is 0 Å². The van der Waals surface area contributed by atoms with Gasteiger partial charge in [0.25, 0.3) is 0 Å². The number of hydrogen-bond acceptors (Lipinski definition) is 4. The first-order valence-corrected chi connectivity index (χ1v) is 11.5. The Morgan fingerprint density at radius 2 is 1.61 bits per heavy atom. The number of aromatic nitrogens is 2. The van der Waals surface area contributed by atoms with Crippen molar-refractivity contribution in [2.24, 2.45) is 0 Å². The van der Waals surface area contributed by atoms with Gasteiger partial charge in [-0.05, 0) is 36.8 Å². The predicted octanol–water partition coefficient (Wildman–Crippen LogP) is 6.25. The largest absolute Gasteiger partial charge is 0.323 e.